The van der Waals surface area contributed by atoms with Crippen LogP contribution in [0.1, 0.15) is 55.5 Å². The van der Waals surface area contributed by atoms with Gasteiger partial charge in [-0.15, -0.1) is 0 Å². The van der Waals surface area contributed by atoms with E-state index in [0.717, 1.165) is 47.2 Å². The number of benzene rings is 1. The van der Waals surface area contributed by atoms with Crippen molar-refractivity contribution in [2.45, 2.75) is 51.4 Å². The first kappa shape index (κ1) is 15.1. The van der Waals surface area contributed by atoms with E-state index in [0.29, 0.717) is 12.8 Å². The molecule has 1 unspecified atom stereocenters. The summed E-state index contributed by atoms with van der Waals surface area (Å²) >= 11 is 0. The van der Waals surface area contributed by atoms with Crippen LogP contribution >= 0.6 is 0 Å². The normalized spacial score (nSPS) is 26.6. The van der Waals surface area contributed by atoms with Crippen molar-refractivity contribution in [3.8, 4) is 0 Å². The van der Waals surface area contributed by atoms with Crippen molar-refractivity contribution in [1.82, 2.24) is 10.2 Å². The molecule has 3 aliphatic rings. The smallest absolute Gasteiger partial charge is 0.160 e. The van der Waals surface area contributed by atoms with Crippen LogP contribution in [0.3, 0.4) is 0 Å². The molecule has 0 saturated heterocycles. The van der Waals surface area contributed by atoms with E-state index in [-0.39, 0.29) is 17.0 Å². The van der Waals surface area contributed by atoms with Crippen molar-refractivity contribution < 1.29 is 9.18 Å². The lowest BCUT2D eigenvalue weighted by molar-refractivity contribution is -0.118. The maximum Gasteiger partial charge on any atom is 0.160 e. The van der Waals surface area contributed by atoms with E-state index < -0.39 is 5.41 Å². The Kier molecular flexibility index (Phi) is 2.82. The molecule has 2 aromatic rings. The molecule has 1 spiro atoms. The average Bonchev–Trinajstić information content (AvgIpc) is 3.13. The zero-order valence-corrected chi connectivity index (χ0v) is 14.6. The van der Waals surface area contributed by atoms with E-state index in [9.17, 15) is 9.18 Å². The number of aromatic amines is 1. The monoisotopic (exact) mass is 336 g/mol. The van der Waals surface area contributed by atoms with Crippen LogP contribution in [0.15, 0.2) is 35.5 Å². The minimum absolute atomic E-state index is 0.0159. The molecular formula is C21H21FN2O. The van der Waals surface area contributed by atoms with Crippen LogP contribution in [0.2, 0.25) is 0 Å². The molecule has 0 amide bonds. The van der Waals surface area contributed by atoms with Gasteiger partial charge in [0.05, 0.1) is 11.6 Å². The largest absolute Gasteiger partial charge is 0.294 e. The van der Waals surface area contributed by atoms with Gasteiger partial charge >= 0.3 is 0 Å². The molecule has 1 aromatic carbocycles. The Morgan fingerprint density at radius 2 is 2.04 bits per heavy atom. The Hall–Kier alpha value is -2.23. The highest BCUT2D eigenvalue weighted by Gasteiger charge is 2.53. The molecule has 5 rings (SSSR count). The number of hydrogen-bond donors (Lipinski definition) is 1. The van der Waals surface area contributed by atoms with Crippen LogP contribution in [-0.2, 0) is 23.1 Å². The third kappa shape index (κ3) is 1.85. The van der Waals surface area contributed by atoms with Gasteiger partial charge in [-0.2, -0.15) is 5.10 Å². The predicted octanol–water partition coefficient (Wildman–Crippen LogP) is 4.02. The summed E-state index contributed by atoms with van der Waals surface area (Å²) in [5.41, 5.74) is 5.51. The maximum absolute atomic E-state index is 14.5. The molecule has 3 nitrogen and oxygen atoms in total. The Labute approximate surface area is 146 Å². The number of Topliss-reactive ketones (excluding diaryl/α,β-unsaturated/α-hetero) is 1. The highest BCUT2D eigenvalue weighted by Crippen LogP contribution is 2.57. The maximum atomic E-state index is 14.5. The van der Waals surface area contributed by atoms with Gasteiger partial charge in [-0.3, -0.25) is 9.89 Å². The van der Waals surface area contributed by atoms with Crippen LogP contribution < -0.4 is 0 Å². The molecule has 1 aromatic heterocycles. The number of fused-ring (bicyclic) bond motifs is 5. The molecule has 1 heterocycles. The van der Waals surface area contributed by atoms with Crippen molar-refractivity contribution in [2.75, 3.05) is 0 Å². The van der Waals surface area contributed by atoms with Crippen molar-refractivity contribution in [1.29, 1.82) is 0 Å². The third-order valence-electron chi connectivity index (χ3n) is 6.29. The Morgan fingerprint density at radius 3 is 2.88 bits per heavy atom. The first-order valence-electron chi connectivity index (χ1n) is 8.99. The number of hydrogen-bond acceptors (Lipinski definition) is 2. The minimum Gasteiger partial charge on any atom is -0.294 e. The number of allylic oxidation sites excluding steroid dienone is 2. The molecule has 128 valence electrons. The van der Waals surface area contributed by atoms with Crippen molar-refractivity contribution in [3.63, 3.8) is 0 Å². The van der Waals surface area contributed by atoms with Crippen LogP contribution in [0.4, 0.5) is 4.39 Å². The Balaban J connectivity index is 1.84. The van der Waals surface area contributed by atoms with E-state index in [2.05, 4.69) is 24.0 Å². The summed E-state index contributed by atoms with van der Waals surface area (Å²) in [7, 11) is 0. The molecule has 4 heteroatoms. The molecule has 0 bridgehead atoms. The number of nitrogens with one attached hydrogen (secondary N) is 1. The Morgan fingerprint density at radius 1 is 1.20 bits per heavy atom. The van der Waals surface area contributed by atoms with E-state index in [4.69, 9.17) is 0 Å². The first-order valence-corrected chi connectivity index (χ1v) is 8.99. The molecule has 0 fully saturated rings. The zero-order chi connectivity index (χ0) is 17.4. The Bertz CT molecular complexity index is 953. The average molecular weight is 336 g/mol. The molecule has 0 saturated carbocycles. The highest BCUT2D eigenvalue weighted by molar-refractivity contribution is 6.02. The van der Waals surface area contributed by atoms with Gasteiger partial charge in [0.25, 0.3) is 0 Å². The summed E-state index contributed by atoms with van der Waals surface area (Å²) in [5, 5.41) is 7.42. The van der Waals surface area contributed by atoms with Crippen molar-refractivity contribution in [3.05, 3.63) is 63.7 Å². The van der Waals surface area contributed by atoms with E-state index in [1.165, 1.54) is 11.6 Å². The molecular weight excluding hydrogens is 315 g/mol. The van der Waals surface area contributed by atoms with Crippen molar-refractivity contribution >= 4 is 5.78 Å². The lowest BCUT2D eigenvalue weighted by Gasteiger charge is -2.43. The van der Waals surface area contributed by atoms with E-state index in [1.807, 2.05) is 12.3 Å². The van der Waals surface area contributed by atoms with Crippen molar-refractivity contribution in [2.24, 2.45) is 5.41 Å². The zero-order valence-electron chi connectivity index (χ0n) is 14.6. The topological polar surface area (TPSA) is 45.8 Å². The van der Waals surface area contributed by atoms with Gasteiger partial charge in [-0.05, 0) is 41.9 Å². The SMILES string of the molecule is CC1(C)CC(=O)C2=C(Cc3[nH]ncc3C23CCc2c(F)cccc23)C1. The summed E-state index contributed by atoms with van der Waals surface area (Å²) in [4.78, 5) is 13.2. The second kappa shape index (κ2) is 4.69. The van der Waals surface area contributed by atoms with E-state index >= 15 is 0 Å². The second-order valence-electron chi connectivity index (χ2n) is 8.53. The summed E-state index contributed by atoms with van der Waals surface area (Å²) in [5.74, 6) is 0.0749. The first-order chi connectivity index (χ1) is 11.9. The number of halogens is 1. The number of carbonyl (C=O) groups is 1. The number of nitrogens with zero attached hydrogens (tertiary/aromatic N) is 1. The van der Waals surface area contributed by atoms with Crippen LogP contribution in [0.25, 0.3) is 0 Å². The lowest BCUT2D eigenvalue weighted by atomic mass is 9.58. The minimum atomic E-state index is -0.513. The molecule has 1 N–H and O–H groups in total. The number of rotatable bonds is 0. The van der Waals surface area contributed by atoms with Gasteiger partial charge < -0.3 is 0 Å². The number of carbonyl (C=O) groups excluding carboxylic acids is 1. The highest BCUT2D eigenvalue weighted by atomic mass is 19.1. The molecule has 25 heavy (non-hydrogen) atoms. The fourth-order valence-corrected chi connectivity index (χ4v) is 5.50. The molecule has 3 aliphatic carbocycles. The van der Waals surface area contributed by atoms with Gasteiger partial charge in [-0.1, -0.05) is 31.6 Å². The molecule has 1 atom stereocenters. The summed E-state index contributed by atoms with van der Waals surface area (Å²) in [6.45, 7) is 4.32. The van der Waals surface area contributed by atoms with Gasteiger partial charge in [0.2, 0.25) is 0 Å². The summed E-state index contributed by atoms with van der Waals surface area (Å²) in [6.07, 6.45) is 5.50. The number of ketones is 1. The number of H-pyrrole nitrogens is 1. The van der Waals surface area contributed by atoms with E-state index in [1.54, 1.807) is 6.07 Å². The van der Waals surface area contributed by atoms with Gasteiger partial charge in [0.15, 0.2) is 5.78 Å². The van der Waals surface area contributed by atoms with Crippen LogP contribution in [-0.4, -0.2) is 16.0 Å². The summed E-state index contributed by atoms with van der Waals surface area (Å²) < 4.78 is 14.5. The van der Waals surface area contributed by atoms with Gasteiger partial charge in [-0.25, -0.2) is 4.39 Å². The molecule has 0 aliphatic heterocycles. The second-order valence-corrected chi connectivity index (χ2v) is 8.53. The quantitative estimate of drug-likeness (QED) is 0.790. The van der Waals surface area contributed by atoms with Gasteiger partial charge in [0.1, 0.15) is 5.82 Å². The standard InChI is InChI=1S/C21H21FN2O/c1-20(2)9-12-8-17-15(11-23-24-17)21(19(12)18(25)10-20)7-6-13-14(21)4-3-5-16(13)22/h3-5,11H,6-10H2,1-2H3,(H,23,24). The molecule has 0 radical (unpaired) electrons. The fraction of sp³-hybridized carbons (Fsp3) is 0.429. The van der Waals surface area contributed by atoms with Gasteiger partial charge in [0, 0.05) is 29.7 Å². The predicted molar refractivity (Wildman–Crippen MR) is 92.8 cm³/mol. The lowest BCUT2D eigenvalue weighted by Crippen LogP contribution is -2.41. The summed E-state index contributed by atoms with van der Waals surface area (Å²) in [6, 6.07) is 5.30. The third-order valence-corrected chi connectivity index (χ3v) is 6.29. The number of aromatic nitrogens is 2. The fourth-order valence-electron chi connectivity index (χ4n) is 5.50. The van der Waals surface area contributed by atoms with Crippen LogP contribution in [0, 0.1) is 11.2 Å². The van der Waals surface area contributed by atoms with Crippen LogP contribution in [0.5, 0.6) is 0 Å².